The zero-order valence-corrected chi connectivity index (χ0v) is 24.1. The van der Waals surface area contributed by atoms with Crippen LogP contribution in [0.1, 0.15) is 22.4 Å². The van der Waals surface area contributed by atoms with Crippen LogP contribution in [0.15, 0.2) is 108 Å². The molecule has 3 atom stereocenters. The monoisotopic (exact) mass is 617 g/mol. The van der Waals surface area contributed by atoms with Crippen LogP contribution in [0.3, 0.4) is 0 Å². The Morgan fingerprint density at radius 2 is 1.60 bits per heavy atom. The van der Waals surface area contributed by atoms with E-state index in [4.69, 9.17) is 9.84 Å². The lowest BCUT2D eigenvalue weighted by molar-refractivity contribution is -0.165. The predicted octanol–water partition coefficient (Wildman–Crippen LogP) is 5.54. The third kappa shape index (κ3) is 3.11. The number of carbonyl (C=O) groups excluding carboxylic acids is 2. The van der Waals surface area contributed by atoms with Crippen LogP contribution >= 0.6 is 15.9 Å². The third-order valence-electron chi connectivity index (χ3n) is 8.96. The molecule has 1 amide bonds. The van der Waals surface area contributed by atoms with Crippen LogP contribution in [-0.4, -0.2) is 33.8 Å². The average Bonchev–Trinajstić information content (AvgIpc) is 3.48. The quantitative estimate of drug-likeness (QED) is 0.208. The van der Waals surface area contributed by atoms with Crippen molar-refractivity contribution >= 4 is 33.5 Å². The number of hydrogen-bond acceptors (Lipinski definition) is 5. The minimum Gasteiger partial charge on any atom is -0.426 e. The summed E-state index contributed by atoms with van der Waals surface area (Å²) < 4.78 is 8.50. The maximum absolute atomic E-state index is 15.0. The van der Waals surface area contributed by atoms with E-state index in [1.54, 1.807) is 30.1 Å². The summed E-state index contributed by atoms with van der Waals surface area (Å²) in [4.78, 5) is 30.8. The third-order valence-corrected chi connectivity index (χ3v) is 9.45. The number of para-hydroxylation sites is 2. The van der Waals surface area contributed by atoms with Gasteiger partial charge in [0.2, 0.25) is 5.91 Å². The molecule has 8 rings (SSSR count). The molecule has 0 saturated carbocycles. The summed E-state index contributed by atoms with van der Waals surface area (Å²) in [7, 11) is 1.71. The van der Waals surface area contributed by atoms with Crippen molar-refractivity contribution < 1.29 is 19.4 Å². The lowest BCUT2D eigenvalue weighted by Crippen LogP contribution is -2.63. The van der Waals surface area contributed by atoms with Crippen molar-refractivity contribution in [3.8, 4) is 22.7 Å². The lowest BCUT2D eigenvalue weighted by Gasteiger charge is -2.50. The summed E-state index contributed by atoms with van der Waals surface area (Å²) in [6.07, 6.45) is 0.0515. The van der Waals surface area contributed by atoms with Crippen molar-refractivity contribution in [3.63, 3.8) is 0 Å². The van der Waals surface area contributed by atoms with Gasteiger partial charge in [-0.1, -0.05) is 82.7 Å². The van der Waals surface area contributed by atoms with E-state index >= 15 is 0 Å². The molecule has 206 valence electrons. The zero-order chi connectivity index (χ0) is 28.8. The van der Waals surface area contributed by atoms with E-state index in [-0.39, 0.29) is 12.3 Å². The number of benzene rings is 4. The Bertz CT molecular complexity index is 1940. The highest BCUT2D eigenvalue weighted by Crippen LogP contribution is 2.63. The number of likely N-dealkylation sites (N-methyl/N-ethyl adjacent to an activating group) is 1. The molecular formula is C34H24BrN3O4. The number of nitrogens with zero attached hydrogens (tertiary/aromatic N) is 3. The van der Waals surface area contributed by atoms with Gasteiger partial charge in [-0.05, 0) is 42.0 Å². The molecule has 3 unspecified atom stereocenters. The molecule has 0 saturated heterocycles. The van der Waals surface area contributed by atoms with Gasteiger partial charge in [0.05, 0.1) is 17.1 Å². The van der Waals surface area contributed by atoms with Gasteiger partial charge in [-0.25, -0.2) is 4.68 Å². The zero-order valence-electron chi connectivity index (χ0n) is 22.5. The first-order valence-corrected chi connectivity index (χ1v) is 14.5. The second kappa shape index (κ2) is 8.74. The normalized spacial score (nSPS) is 23.7. The molecule has 3 aliphatic rings. The van der Waals surface area contributed by atoms with E-state index < -0.39 is 22.9 Å². The number of amides is 1. The van der Waals surface area contributed by atoms with Crippen LogP contribution in [-0.2, 0) is 27.0 Å². The SMILES string of the molecule is CN1C(=O)C2(c3cc(Br)ccc31)c1c(-c3ccccc3)nn(-c3ccccc3)c1CC1(O)c3ccccc3OC(=O)C12. The summed E-state index contributed by atoms with van der Waals surface area (Å²) in [5, 5.41) is 18.1. The molecule has 8 heteroatoms. The Labute approximate surface area is 250 Å². The Balaban J connectivity index is 1.58. The minimum absolute atomic E-state index is 0.0515. The Morgan fingerprint density at radius 1 is 0.905 bits per heavy atom. The number of fused-ring (bicyclic) bond motifs is 8. The largest absolute Gasteiger partial charge is 0.426 e. The first kappa shape index (κ1) is 25.2. The minimum atomic E-state index is -1.76. The number of ether oxygens (including phenoxy) is 1. The topological polar surface area (TPSA) is 84.7 Å². The molecule has 1 N–H and O–H groups in total. The number of hydrogen-bond donors (Lipinski definition) is 1. The van der Waals surface area contributed by atoms with Crippen LogP contribution in [0.2, 0.25) is 0 Å². The maximum atomic E-state index is 15.0. The molecule has 0 bridgehead atoms. The van der Waals surface area contributed by atoms with Crippen molar-refractivity contribution in [2.45, 2.75) is 17.4 Å². The average molecular weight is 618 g/mol. The van der Waals surface area contributed by atoms with Crippen molar-refractivity contribution in [2.75, 3.05) is 11.9 Å². The van der Waals surface area contributed by atoms with Gasteiger partial charge in [0.1, 0.15) is 22.7 Å². The number of esters is 1. The highest BCUT2D eigenvalue weighted by Gasteiger charge is 2.71. The van der Waals surface area contributed by atoms with Crippen molar-refractivity contribution in [3.05, 3.63) is 130 Å². The maximum Gasteiger partial charge on any atom is 0.319 e. The number of aliphatic hydroxyl groups is 1. The molecule has 0 fully saturated rings. The summed E-state index contributed by atoms with van der Waals surface area (Å²) in [5.41, 5.74) is 1.81. The number of anilines is 1. The fourth-order valence-corrected chi connectivity index (χ4v) is 7.66. The molecule has 1 spiro atoms. The molecule has 7 nitrogen and oxygen atoms in total. The summed E-state index contributed by atoms with van der Waals surface area (Å²) >= 11 is 3.61. The molecular weight excluding hydrogens is 594 g/mol. The number of halogens is 1. The molecule has 2 aliphatic heterocycles. The molecule has 4 aromatic carbocycles. The smallest absolute Gasteiger partial charge is 0.319 e. The van der Waals surface area contributed by atoms with Gasteiger partial charge >= 0.3 is 5.97 Å². The summed E-state index contributed by atoms with van der Waals surface area (Å²) in [6, 6.07) is 32.0. The fourth-order valence-electron chi connectivity index (χ4n) is 7.30. The van der Waals surface area contributed by atoms with Crippen LogP contribution in [0.25, 0.3) is 16.9 Å². The summed E-state index contributed by atoms with van der Waals surface area (Å²) in [5.74, 6) is -1.94. The van der Waals surface area contributed by atoms with E-state index in [9.17, 15) is 14.7 Å². The Morgan fingerprint density at radius 3 is 2.36 bits per heavy atom. The lowest BCUT2D eigenvalue weighted by atomic mass is 9.53. The van der Waals surface area contributed by atoms with Gasteiger partial charge < -0.3 is 14.7 Å². The van der Waals surface area contributed by atoms with Gasteiger partial charge in [0.15, 0.2) is 0 Å². The highest BCUT2D eigenvalue weighted by atomic mass is 79.9. The van der Waals surface area contributed by atoms with Gasteiger partial charge in [-0.3, -0.25) is 9.59 Å². The van der Waals surface area contributed by atoms with E-state index in [1.807, 2.05) is 89.6 Å². The second-order valence-corrected chi connectivity index (χ2v) is 12.0. The van der Waals surface area contributed by atoms with Crippen molar-refractivity contribution in [2.24, 2.45) is 5.92 Å². The second-order valence-electron chi connectivity index (χ2n) is 11.1. The van der Waals surface area contributed by atoms with Crippen LogP contribution in [0.5, 0.6) is 5.75 Å². The number of carbonyl (C=O) groups is 2. The number of rotatable bonds is 2. The summed E-state index contributed by atoms with van der Waals surface area (Å²) in [6.45, 7) is 0. The first-order chi connectivity index (χ1) is 20.4. The number of aromatic nitrogens is 2. The Hall–Kier alpha value is -4.53. The standard InChI is InChI=1S/C34H24BrN3O4/c1-37-25-17-16-21(35)18-24(25)34(32(37)40)28-26(19-33(41)23-14-8-9-15-27(23)42-31(39)30(33)34)38(22-12-6-3-7-13-22)36-29(28)20-10-4-2-5-11-20/h2-18,30,41H,19H2,1H3. The van der Waals surface area contributed by atoms with Gasteiger partial charge in [0, 0.05) is 40.3 Å². The van der Waals surface area contributed by atoms with E-state index in [2.05, 4.69) is 15.9 Å². The molecule has 3 heterocycles. The van der Waals surface area contributed by atoms with Gasteiger partial charge in [0.25, 0.3) is 0 Å². The van der Waals surface area contributed by atoms with E-state index in [1.165, 1.54) is 0 Å². The van der Waals surface area contributed by atoms with Gasteiger partial charge in [-0.2, -0.15) is 5.10 Å². The van der Waals surface area contributed by atoms with Crippen molar-refractivity contribution in [1.82, 2.24) is 9.78 Å². The first-order valence-electron chi connectivity index (χ1n) is 13.7. The molecule has 0 radical (unpaired) electrons. The van der Waals surface area contributed by atoms with Gasteiger partial charge in [-0.15, -0.1) is 0 Å². The van der Waals surface area contributed by atoms with Crippen LogP contribution < -0.4 is 9.64 Å². The molecule has 1 aliphatic carbocycles. The van der Waals surface area contributed by atoms with Crippen LogP contribution in [0, 0.1) is 5.92 Å². The van der Waals surface area contributed by atoms with E-state index in [0.29, 0.717) is 39.5 Å². The highest BCUT2D eigenvalue weighted by molar-refractivity contribution is 9.10. The fraction of sp³-hybridized carbons (Fsp3) is 0.147. The van der Waals surface area contributed by atoms with Crippen molar-refractivity contribution in [1.29, 1.82) is 0 Å². The van der Waals surface area contributed by atoms with Crippen LogP contribution in [0.4, 0.5) is 5.69 Å². The van der Waals surface area contributed by atoms with E-state index in [0.717, 1.165) is 15.7 Å². The molecule has 1 aromatic heterocycles. The molecule has 42 heavy (non-hydrogen) atoms. The molecule has 5 aromatic rings. The Kier molecular flexibility index (Phi) is 5.24. The predicted molar refractivity (Wildman–Crippen MR) is 160 cm³/mol.